The van der Waals surface area contributed by atoms with Crippen LogP contribution >= 0.6 is 0 Å². The zero-order chi connectivity index (χ0) is 28.7. The number of rotatable bonds is 13. The van der Waals surface area contributed by atoms with Gasteiger partial charge in [-0.2, -0.15) is 0 Å². The number of hydrogen-bond donors (Lipinski definition) is 3. The van der Waals surface area contributed by atoms with Gasteiger partial charge in [0.25, 0.3) is 0 Å². The molecular weight excluding hydrogens is 514 g/mol. The van der Waals surface area contributed by atoms with Crippen LogP contribution in [0.5, 0.6) is 5.75 Å². The Balaban J connectivity index is 1.47. The molecule has 3 amide bonds. The maximum atomic E-state index is 12.9. The van der Waals surface area contributed by atoms with Crippen LogP contribution in [0, 0.1) is 0 Å². The van der Waals surface area contributed by atoms with Crippen LogP contribution in [-0.4, -0.2) is 49.6 Å². The molecule has 210 valence electrons. The van der Waals surface area contributed by atoms with Crippen molar-refractivity contribution >= 4 is 23.9 Å². The van der Waals surface area contributed by atoms with E-state index < -0.39 is 42.5 Å². The standard InChI is InChI=1S/C30H33N3O7/c1-21(32-27(34)18-31-30(37)40-20-24-13-15-25(38-2)16-14-24)28(35)33-26(17-22-9-5-3-6-10-22)29(36)39-19-23-11-7-4-8-12-23/h3-16,21,26H,17-20H2,1-2H3,(H,31,37)(H,32,34)(H,33,35)/t21-,26-/m0/s1. The summed E-state index contributed by atoms with van der Waals surface area (Å²) in [6.07, 6.45) is -0.574. The zero-order valence-corrected chi connectivity index (χ0v) is 22.4. The number of benzene rings is 3. The Hall–Kier alpha value is -4.86. The first-order valence-electron chi connectivity index (χ1n) is 12.7. The maximum Gasteiger partial charge on any atom is 0.407 e. The molecular formula is C30H33N3O7. The summed E-state index contributed by atoms with van der Waals surface area (Å²) in [4.78, 5) is 50.0. The third-order valence-corrected chi connectivity index (χ3v) is 5.80. The predicted octanol–water partition coefficient (Wildman–Crippen LogP) is 2.90. The van der Waals surface area contributed by atoms with E-state index in [2.05, 4.69) is 16.0 Å². The summed E-state index contributed by atoms with van der Waals surface area (Å²) in [7, 11) is 1.55. The van der Waals surface area contributed by atoms with Crippen molar-refractivity contribution in [2.45, 2.75) is 38.6 Å². The van der Waals surface area contributed by atoms with Gasteiger partial charge in [-0.05, 0) is 35.7 Å². The molecule has 0 saturated carbocycles. The second-order valence-electron chi connectivity index (χ2n) is 8.91. The smallest absolute Gasteiger partial charge is 0.407 e. The molecule has 0 aliphatic rings. The van der Waals surface area contributed by atoms with Crippen LogP contribution in [0.1, 0.15) is 23.6 Å². The normalized spacial score (nSPS) is 11.8. The van der Waals surface area contributed by atoms with Crippen LogP contribution in [0.4, 0.5) is 4.79 Å². The first kappa shape index (κ1) is 29.7. The molecule has 0 aliphatic carbocycles. The van der Waals surface area contributed by atoms with E-state index in [1.54, 1.807) is 31.4 Å². The van der Waals surface area contributed by atoms with Gasteiger partial charge in [0.1, 0.15) is 37.6 Å². The van der Waals surface area contributed by atoms with Gasteiger partial charge in [0.2, 0.25) is 11.8 Å². The predicted molar refractivity (Wildman–Crippen MR) is 147 cm³/mol. The van der Waals surface area contributed by atoms with Crippen molar-refractivity contribution in [1.82, 2.24) is 16.0 Å². The van der Waals surface area contributed by atoms with Gasteiger partial charge < -0.3 is 30.2 Å². The van der Waals surface area contributed by atoms with Crippen molar-refractivity contribution in [2.75, 3.05) is 13.7 Å². The Morgan fingerprint density at radius 3 is 1.93 bits per heavy atom. The van der Waals surface area contributed by atoms with Gasteiger partial charge in [-0.1, -0.05) is 72.8 Å². The minimum Gasteiger partial charge on any atom is -0.497 e. The van der Waals surface area contributed by atoms with Gasteiger partial charge in [-0.15, -0.1) is 0 Å². The third-order valence-electron chi connectivity index (χ3n) is 5.80. The SMILES string of the molecule is COc1ccc(COC(=O)NCC(=O)N[C@@H](C)C(=O)N[C@@H](Cc2ccccc2)C(=O)OCc2ccccc2)cc1. The number of esters is 1. The fourth-order valence-electron chi connectivity index (χ4n) is 3.60. The Morgan fingerprint density at radius 2 is 1.30 bits per heavy atom. The summed E-state index contributed by atoms with van der Waals surface area (Å²) >= 11 is 0. The first-order valence-corrected chi connectivity index (χ1v) is 12.7. The highest BCUT2D eigenvalue weighted by atomic mass is 16.5. The molecule has 0 spiro atoms. The lowest BCUT2D eigenvalue weighted by atomic mass is 10.1. The highest BCUT2D eigenvalue weighted by molar-refractivity contribution is 5.91. The van der Waals surface area contributed by atoms with E-state index >= 15 is 0 Å². The van der Waals surface area contributed by atoms with E-state index in [9.17, 15) is 19.2 Å². The van der Waals surface area contributed by atoms with Gasteiger partial charge >= 0.3 is 12.1 Å². The van der Waals surface area contributed by atoms with E-state index in [1.165, 1.54) is 6.92 Å². The van der Waals surface area contributed by atoms with Crippen LogP contribution in [0.25, 0.3) is 0 Å². The van der Waals surface area contributed by atoms with E-state index in [0.717, 1.165) is 16.7 Å². The number of alkyl carbamates (subject to hydrolysis) is 1. The molecule has 0 bridgehead atoms. The summed E-state index contributed by atoms with van der Waals surface area (Å²) in [5, 5.41) is 7.51. The Bertz CT molecular complexity index is 1250. The van der Waals surface area contributed by atoms with Crippen LogP contribution in [0.2, 0.25) is 0 Å². The molecule has 0 heterocycles. The Labute approximate surface area is 233 Å². The lowest BCUT2D eigenvalue weighted by Gasteiger charge is -2.21. The molecule has 0 radical (unpaired) electrons. The van der Waals surface area contributed by atoms with Crippen molar-refractivity contribution in [3.8, 4) is 5.75 Å². The number of methoxy groups -OCH3 is 1. The number of carbonyl (C=O) groups is 4. The van der Waals surface area contributed by atoms with Crippen molar-refractivity contribution in [2.24, 2.45) is 0 Å². The number of nitrogens with one attached hydrogen (secondary N) is 3. The maximum absolute atomic E-state index is 12.9. The molecule has 0 saturated heterocycles. The van der Waals surface area contributed by atoms with Gasteiger partial charge in [-0.3, -0.25) is 9.59 Å². The highest BCUT2D eigenvalue weighted by Crippen LogP contribution is 2.12. The molecule has 10 nitrogen and oxygen atoms in total. The minimum atomic E-state index is -0.982. The average molecular weight is 548 g/mol. The molecule has 0 fully saturated rings. The van der Waals surface area contributed by atoms with Crippen LogP contribution in [-0.2, 0) is 43.5 Å². The van der Waals surface area contributed by atoms with Crippen molar-refractivity contribution in [3.05, 3.63) is 102 Å². The fourth-order valence-corrected chi connectivity index (χ4v) is 3.60. The monoisotopic (exact) mass is 547 g/mol. The van der Waals surface area contributed by atoms with Crippen LogP contribution < -0.4 is 20.7 Å². The topological polar surface area (TPSA) is 132 Å². The van der Waals surface area contributed by atoms with E-state index in [-0.39, 0.29) is 19.6 Å². The molecule has 3 aromatic rings. The first-order chi connectivity index (χ1) is 19.3. The summed E-state index contributed by atoms with van der Waals surface area (Å²) in [6.45, 7) is 1.16. The van der Waals surface area contributed by atoms with Crippen LogP contribution in [0.3, 0.4) is 0 Å². The number of carbonyl (C=O) groups excluding carboxylic acids is 4. The molecule has 0 aromatic heterocycles. The second-order valence-corrected chi connectivity index (χ2v) is 8.91. The highest BCUT2D eigenvalue weighted by Gasteiger charge is 2.26. The van der Waals surface area contributed by atoms with Gasteiger partial charge in [0, 0.05) is 6.42 Å². The molecule has 40 heavy (non-hydrogen) atoms. The molecule has 3 rings (SSSR count). The fraction of sp³-hybridized carbons (Fsp3) is 0.267. The molecule has 2 atom stereocenters. The van der Waals surface area contributed by atoms with Gasteiger partial charge in [0.15, 0.2) is 0 Å². The minimum absolute atomic E-state index is 0.0133. The van der Waals surface area contributed by atoms with E-state index in [4.69, 9.17) is 14.2 Å². The number of hydrogen-bond acceptors (Lipinski definition) is 7. The Morgan fingerprint density at radius 1 is 0.725 bits per heavy atom. The lowest BCUT2D eigenvalue weighted by Crippen LogP contribution is -2.52. The molecule has 0 aliphatic heterocycles. The van der Waals surface area contributed by atoms with Crippen LogP contribution in [0.15, 0.2) is 84.9 Å². The van der Waals surface area contributed by atoms with Crippen molar-refractivity contribution in [1.29, 1.82) is 0 Å². The molecule has 0 unspecified atom stereocenters. The second kappa shape index (κ2) is 15.5. The van der Waals surface area contributed by atoms with E-state index in [0.29, 0.717) is 5.75 Å². The quantitative estimate of drug-likeness (QED) is 0.280. The van der Waals surface area contributed by atoms with Gasteiger partial charge in [-0.25, -0.2) is 9.59 Å². The average Bonchev–Trinajstić information content (AvgIpc) is 2.98. The third kappa shape index (κ3) is 10.1. The zero-order valence-electron chi connectivity index (χ0n) is 22.4. The molecule has 3 N–H and O–H groups in total. The van der Waals surface area contributed by atoms with E-state index in [1.807, 2.05) is 60.7 Å². The summed E-state index contributed by atoms with van der Waals surface area (Å²) in [5.41, 5.74) is 2.40. The summed E-state index contributed by atoms with van der Waals surface area (Å²) < 4.78 is 15.6. The van der Waals surface area contributed by atoms with Gasteiger partial charge in [0.05, 0.1) is 7.11 Å². The number of amides is 3. The molecule has 3 aromatic carbocycles. The van der Waals surface area contributed by atoms with Crippen molar-refractivity contribution in [3.63, 3.8) is 0 Å². The summed E-state index contributed by atoms with van der Waals surface area (Å²) in [5.74, 6) is -1.09. The largest absolute Gasteiger partial charge is 0.497 e. The summed E-state index contributed by atoms with van der Waals surface area (Å²) in [6, 6.07) is 23.4. The number of ether oxygens (including phenoxy) is 3. The molecule has 10 heteroatoms. The Kier molecular flexibility index (Phi) is 11.5. The van der Waals surface area contributed by atoms with Crippen molar-refractivity contribution < 1.29 is 33.4 Å². The lowest BCUT2D eigenvalue weighted by molar-refractivity contribution is -0.149.